The highest BCUT2D eigenvalue weighted by Gasteiger charge is 2.26. The molecule has 2 N–H and O–H groups in total. The van der Waals surface area contributed by atoms with Crippen LogP contribution in [-0.2, 0) is 16.6 Å². The fraction of sp³-hybridized carbons (Fsp3) is 0.292. The third-order valence-electron chi connectivity index (χ3n) is 5.22. The summed E-state index contributed by atoms with van der Waals surface area (Å²) in [6, 6.07) is 10.8. The molecule has 1 aromatic heterocycles. The predicted molar refractivity (Wildman–Crippen MR) is 140 cm³/mol. The first-order valence-electron chi connectivity index (χ1n) is 10.9. The maximum Gasteiger partial charge on any atom is 0.339 e. The van der Waals surface area contributed by atoms with Crippen LogP contribution in [0.2, 0.25) is 10.0 Å². The number of nitrogens with one attached hydrogen (secondary N) is 2. The number of thioether (sulfide) groups is 1. The molecular formula is C24H25Cl2N5O4S. The lowest BCUT2D eigenvalue weighted by atomic mass is 10.0. The average molecular weight is 550 g/mol. The Labute approximate surface area is 222 Å². The molecule has 2 aromatic carbocycles. The number of ether oxygens (including phenoxy) is 1. The number of hydrogen-bond acceptors (Lipinski definition) is 7. The molecule has 0 aliphatic carbocycles. The van der Waals surface area contributed by atoms with Gasteiger partial charge in [0, 0.05) is 12.6 Å². The van der Waals surface area contributed by atoms with E-state index in [9.17, 15) is 14.4 Å². The Balaban J connectivity index is 1.69. The van der Waals surface area contributed by atoms with Crippen molar-refractivity contribution in [2.75, 3.05) is 18.2 Å². The van der Waals surface area contributed by atoms with Crippen molar-refractivity contribution in [2.45, 2.75) is 25.0 Å². The molecule has 3 rings (SSSR count). The molecule has 3 aromatic rings. The monoisotopic (exact) mass is 549 g/mol. The Hall–Kier alpha value is -3.08. The van der Waals surface area contributed by atoms with Crippen LogP contribution in [0.3, 0.4) is 0 Å². The van der Waals surface area contributed by atoms with Crippen molar-refractivity contribution in [1.82, 2.24) is 20.1 Å². The number of benzene rings is 2. The van der Waals surface area contributed by atoms with Crippen LogP contribution in [0.4, 0.5) is 5.69 Å². The third-order valence-corrected chi connectivity index (χ3v) is 6.98. The number of esters is 1. The van der Waals surface area contributed by atoms with E-state index in [0.29, 0.717) is 27.3 Å². The van der Waals surface area contributed by atoms with Gasteiger partial charge in [-0.1, -0.05) is 60.9 Å². The lowest BCUT2D eigenvalue weighted by Gasteiger charge is -2.22. The first kappa shape index (κ1) is 27.5. The van der Waals surface area contributed by atoms with E-state index in [1.54, 1.807) is 48.0 Å². The third kappa shape index (κ3) is 6.57. The van der Waals surface area contributed by atoms with Crippen LogP contribution in [0.5, 0.6) is 0 Å². The second-order valence-electron chi connectivity index (χ2n) is 8.10. The molecular weight excluding hydrogens is 525 g/mol. The van der Waals surface area contributed by atoms with Crippen LogP contribution in [0, 0.1) is 5.92 Å². The van der Waals surface area contributed by atoms with Crippen molar-refractivity contribution >= 4 is 58.4 Å². The molecule has 2 amide bonds. The number of hydrogen-bond donors (Lipinski definition) is 2. The summed E-state index contributed by atoms with van der Waals surface area (Å²) >= 11 is 13.2. The number of rotatable bonds is 9. The summed E-state index contributed by atoms with van der Waals surface area (Å²) in [4.78, 5) is 37.3. The maximum absolute atomic E-state index is 12.8. The Morgan fingerprint density at radius 3 is 2.47 bits per heavy atom. The van der Waals surface area contributed by atoms with E-state index in [0.717, 1.165) is 0 Å². The number of carbonyl (C=O) groups is 3. The van der Waals surface area contributed by atoms with E-state index in [1.807, 2.05) is 13.8 Å². The average Bonchev–Trinajstić information content (AvgIpc) is 3.22. The zero-order valence-electron chi connectivity index (χ0n) is 20.0. The molecule has 0 saturated carbocycles. The molecule has 0 saturated heterocycles. The Bertz CT molecular complexity index is 1280. The normalized spacial score (nSPS) is 11.8. The van der Waals surface area contributed by atoms with E-state index in [1.165, 1.54) is 24.9 Å². The predicted octanol–water partition coefficient (Wildman–Crippen LogP) is 4.77. The van der Waals surface area contributed by atoms with Crippen LogP contribution in [0.15, 0.2) is 47.6 Å². The molecule has 36 heavy (non-hydrogen) atoms. The number of halogens is 2. The Morgan fingerprint density at radius 2 is 1.81 bits per heavy atom. The summed E-state index contributed by atoms with van der Waals surface area (Å²) in [7, 11) is 3.04. The van der Waals surface area contributed by atoms with Crippen LogP contribution < -0.4 is 10.6 Å². The number of carbonyl (C=O) groups excluding carboxylic acids is 3. The van der Waals surface area contributed by atoms with Gasteiger partial charge in [-0.25, -0.2) is 4.79 Å². The number of anilines is 1. The largest absolute Gasteiger partial charge is 0.465 e. The van der Waals surface area contributed by atoms with E-state index in [-0.39, 0.29) is 34.1 Å². The fourth-order valence-corrected chi connectivity index (χ4v) is 4.33. The molecule has 0 bridgehead atoms. The number of aromatic nitrogens is 3. The van der Waals surface area contributed by atoms with Gasteiger partial charge in [0.2, 0.25) is 5.91 Å². The zero-order chi connectivity index (χ0) is 26.4. The van der Waals surface area contributed by atoms with Gasteiger partial charge >= 0.3 is 5.97 Å². The van der Waals surface area contributed by atoms with Crippen LogP contribution >= 0.6 is 35.0 Å². The molecule has 0 radical (unpaired) electrons. The highest BCUT2D eigenvalue weighted by atomic mass is 35.5. The van der Waals surface area contributed by atoms with Crippen LogP contribution in [0.1, 0.15) is 46.4 Å². The highest BCUT2D eigenvalue weighted by Crippen LogP contribution is 2.26. The van der Waals surface area contributed by atoms with Crippen molar-refractivity contribution < 1.29 is 19.1 Å². The minimum atomic E-state index is -0.542. The van der Waals surface area contributed by atoms with Gasteiger partial charge < -0.3 is 19.9 Å². The van der Waals surface area contributed by atoms with Gasteiger partial charge in [0.1, 0.15) is 0 Å². The molecule has 0 spiro atoms. The zero-order valence-corrected chi connectivity index (χ0v) is 22.4. The lowest BCUT2D eigenvalue weighted by Crippen LogP contribution is -2.33. The van der Waals surface area contributed by atoms with Gasteiger partial charge in [-0.2, -0.15) is 0 Å². The minimum Gasteiger partial charge on any atom is -0.465 e. The van der Waals surface area contributed by atoms with Crippen molar-refractivity contribution in [2.24, 2.45) is 13.0 Å². The molecule has 0 fully saturated rings. The van der Waals surface area contributed by atoms with Gasteiger partial charge in [0.05, 0.1) is 40.2 Å². The van der Waals surface area contributed by atoms with Crippen LogP contribution in [0.25, 0.3) is 0 Å². The molecule has 0 aliphatic rings. The van der Waals surface area contributed by atoms with Gasteiger partial charge in [-0.3, -0.25) is 9.59 Å². The summed E-state index contributed by atoms with van der Waals surface area (Å²) < 4.78 is 6.49. The van der Waals surface area contributed by atoms with E-state index >= 15 is 0 Å². The molecule has 1 atom stereocenters. The maximum atomic E-state index is 12.8. The second kappa shape index (κ2) is 12.2. The summed E-state index contributed by atoms with van der Waals surface area (Å²) in [6.07, 6.45) is 0. The molecule has 9 nitrogen and oxygen atoms in total. The van der Waals surface area contributed by atoms with Crippen molar-refractivity contribution in [1.29, 1.82) is 0 Å². The van der Waals surface area contributed by atoms with Gasteiger partial charge in [-0.15, -0.1) is 10.2 Å². The first-order chi connectivity index (χ1) is 17.1. The molecule has 190 valence electrons. The number of nitrogens with zero attached hydrogens (tertiary/aromatic N) is 3. The quantitative estimate of drug-likeness (QED) is 0.292. The Morgan fingerprint density at radius 1 is 1.08 bits per heavy atom. The number of amides is 2. The van der Waals surface area contributed by atoms with E-state index < -0.39 is 12.0 Å². The SMILES string of the molecule is COC(=O)c1ccccc1NC(=O)CSc1nnc([C@@H](NC(=O)c2ccc(Cl)c(Cl)c2)C(C)C)n1C. The summed E-state index contributed by atoms with van der Waals surface area (Å²) in [6.45, 7) is 3.90. The Kier molecular flexibility index (Phi) is 9.36. The molecule has 1 heterocycles. The van der Waals surface area contributed by atoms with Crippen molar-refractivity contribution in [3.63, 3.8) is 0 Å². The standard InChI is InChI=1S/C24H25Cl2N5O4S/c1-13(2)20(28-22(33)14-9-10-16(25)17(26)11-14)21-29-30-24(31(21)3)36-12-19(32)27-18-8-6-5-7-15(18)23(34)35-4/h5-11,13,20H,12H2,1-4H3,(H,27,32)(H,28,33)/t20-/m0/s1. The second-order valence-corrected chi connectivity index (χ2v) is 9.85. The highest BCUT2D eigenvalue weighted by molar-refractivity contribution is 7.99. The fourth-order valence-electron chi connectivity index (χ4n) is 3.31. The lowest BCUT2D eigenvalue weighted by molar-refractivity contribution is -0.113. The molecule has 0 unspecified atom stereocenters. The smallest absolute Gasteiger partial charge is 0.339 e. The van der Waals surface area contributed by atoms with Gasteiger partial charge in [-0.05, 0) is 36.2 Å². The van der Waals surface area contributed by atoms with Crippen LogP contribution in [-0.4, -0.2) is 45.4 Å². The summed E-state index contributed by atoms with van der Waals surface area (Å²) in [5.74, 6) is -0.627. The summed E-state index contributed by atoms with van der Waals surface area (Å²) in [5, 5.41) is 15.3. The summed E-state index contributed by atoms with van der Waals surface area (Å²) in [5.41, 5.74) is 0.992. The number of para-hydroxylation sites is 1. The van der Waals surface area contributed by atoms with Crippen molar-refractivity contribution in [3.05, 3.63) is 69.5 Å². The van der Waals surface area contributed by atoms with E-state index in [4.69, 9.17) is 27.9 Å². The first-order valence-corrected chi connectivity index (χ1v) is 12.6. The van der Waals surface area contributed by atoms with Gasteiger partial charge in [0.25, 0.3) is 5.91 Å². The minimum absolute atomic E-state index is 0.00408. The topological polar surface area (TPSA) is 115 Å². The van der Waals surface area contributed by atoms with Crippen molar-refractivity contribution in [3.8, 4) is 0 Å². The van der Waals surface area contributed by atoms with E-state index in [2.05, 4.69) is 20.8 Å². The number of methoxy groups -OCH3 is 1. The molecule has 12 heteroatoms. The van der Waals surface area contributed by atoms with Gasteiger partial charge in [0.15, 0.2) is 11.0 Å². The molecule has 0 aliphatic heterocycles.